The van der Waals surface area contributed by atoms with Crippen LogP contribution in [0.5, 0.6) is 0 Å². The topological polar surface area (TPSA) is 48.3 Å². The van der Waals surface area contributed by atoms with Crippen LogP contribution in [-0.2, 0) is 4.74 Å². The van der Waals surface area contributed by atoms with Crippen molar-refractivity contribution >= 4 is 5.69 Å². The summed E-state index contributed by atoms with van der Waals surface area (Å²) >= 11 is 0. The van der Waals surface area contributed by atoms with Crippen LogP contribution in [0.4, 0.5) is 5.69 Å². The second kappa shape index (κ2) is 6.55. The lowest BCUT2D eigenvalue weighted by Crippen LogP contribution is -2.45. The van der Waals surface area contributed by atoms with Crippen molar-refractivity contribution in [3.63, 3.8) is 0 Å². The van der Waals surface area contributed by atoms with Gasteiger partial charge in [0.1, 0.15) is 0 Å². The largest absolute Gasteiger partial charge is 0.379 e. The first-order chi connectivity index (χ1) is 9.20. The van der Waals surface area contributed by atoms with Crippen molar-refractivity contribution in [2.45, 2.75) is 25.4 Å². The maximum Gasteiger partial charge on any atom is 0.0992 e. The molecule has 1 aliphatic rings. The number of morpholine rings is 1. The Bertz CT molecular complexity index is 449. The van der Waals surface area contributed by atoms with Crippen LogP contribution in [0.1, 0.15) is 18.9 Å². The van der Waals surface area contributed by atoms with Crippen LogP contribution in [0.15, 0.2) is 24.3 Å². The number of benzene rings is 1. The van der Waals surface area contributed by atoms with E-state index in [9.17, 15) is 0 Å². The van der Waals surface area contributed by atoms with Gasteiger partial charge >= 0.3 is 0 Å². The van der Waals surface area contributed by atoms with Crippen LogP contribution >= 0.6 is 0 Å². The molecule has 1 N–H and O–H groups in total. The molecular weight excluding hydrogens is 238 g/mol. The molecule has 1 aliphatic heterocycles. The summed E-state index contributed by atoms with van der Waals surface area (Å²) in [7, 11) is 2.07. The van der Waals surface area contributed by atoms with Gasteiger partial charge in [0.05, 0.1) is 24.8 Å². The maximum atomic E-state index is 8.95. The zero-order chi connectivity index (χ0) is 13.7. The molecule has 2 rings (SSSR count). The number of nitrogens with one attached hydrogen (secondary N) is 1. The van der Waals surface area contributed by atoms with Gasteiger partial charge in [0.2, 0.25) is 0 Å². The minimum Gasteiger partial charge on any atom is -0.379 e. The molecular formula is C15H21N3O. The zero-order valence-corrected chi connectivity index (χ0v) is 11.6. The Balaban J connectivity index is 1.97. The molecule has 1 aromatic rings. The first-order valence-electron chi connectivity index (χ1n) is 6.75. The third kappa shape index (κ3) is 3.69. The van der Waals surface area contributed by atoms with E-state index in [2.05, 4.69) is 30.3 Å². The third-order valence-corrected chi connectivity index (χ3v) is 3.67. The normalized spacial score (nSPS) is 20.6. The average molecular weight is 259 g/mol. The van der Waals surface area contributed by atoms with Crippen LogP contribution in [0.25, 0.3) is 0 Å². The third-order valence-electron chi connectivity index (χ3n) is 3.67. The molecule has 19 heavy (non-hydrogen) atoms. The molecule has 2 unspecified atom stereocenters. The van der Waals surface area contributed by atoms with Crippen LogP contribution in [0.2, 0.25) is 0 Å². The van der Waals surface area contributed by atoms with E-state index in [0.29, 0.717) is 17.6 Å². The SMILES string of the molecule is CC(CC1COCCN1)N(C)c1cccc(C#N)c1. The predicted molar refractivity (Wildman–Crippen MR) is 76.2 cm³/mol. The van der Waals surface area contributed by atoms with E-state index in [1.54, 1.807) is 0 Å². The molecule has 0 aromatic heterocycles. The fraction of sp³-hybridized carbons (Fsp3) is 0.533. The van der Waals surface area contributed by atoms with Crippen molar-refractivity contribution in [1.29, 1.82) is 5.26 Å². The highest BCUT2D eigenvalue weighted by molar-refractivity contribution is 5.51. The molecule has 1 heterocycles. The number of nitrogens with zero attached hydrogens (tertiary/aromatic N) is 2. The van der Waals surface area contributed by atoms with Gasteiger partial charge in [-0.2, -0.15) is 5.26 Å². The van der Waals surface area contributed by atoms with E-state index < -0.39 is 0 Å². The minimum atomic E-state index is 0.396. The van der Waals surface area contributed by atoms with Crippen molar-refractivity contribution in [2.24, 2.45) is 0 Å². The second-order valence-corrected chi connectivity index (χ2v) is 5.08. The summed E-state index contributed by atoms with van der Waals surface area (Å²) in [5, 5.41) is 12.4. The number of rotatable bonds is 4. The van der Waals surface area contributed by atoms with Gasteiger partial charge in [0, 0.05) is 31.4 Å². The quantitative estimate of drug-likeness (QED) is 0.895. The van der Waals surface area contributed by atoms with Crippen LogP contribution < -0.4 is 10.2 Å². The molecule has 0 aliphatic carbocycles. The Morgan fingerprint density at radius 2 is 2.42 bits per heavy atom. The van der Waals surface area contributed by atoms with Gasteiger partial charge in [0.25, 0.3) is 0 Å². The first kappa shape index (κ1) is 13.9. The van der Waals surface area contributed by atoms with Crippen molar-refractivity contribution in [1.82, 2.24) is 5.32 Å². The Kier molecular flexibility index (Phi) is 4.78. The van der Waals surface area contributed by atoms with Gasteiger partial charge in [0.15, 0.2) is 0 Å². The van der Waals surface area contributed by atoms with Gasteiger partial charge in [-0.1, -0.05) is 6.07 Å². The Labute approximate surface area is 115 Å². The Hall–Kier alpha value is -1.57. The number of anilines is 1. The first-order valence-corrected chi connectivity index (χ1v) is 6.75. The average Bonchev–Trinajstić information content (AvgIpc) is 2.47. The fourth-order valence-corrected chi connectivity index (χ4v) is 2.39. The molecule has 0 spiro atoms. The Morgan fingerprint density at radius 3 is 3.11 bits per heavy atom. The van der Waals surface area contributed by atoms with Crippen LogP contribution in [-0.4, -0.2) is 38.9 Å². The second-order valence-electron chi connectivity index (χ2n) is 5.08. The highest BCUT2D eigenvalue weighted by Gasteiger charge is 2.19. The van der Waals surface area contributed by atoms with E-state index in [4.69, 9.17) is 10.00 Å². The lowest BCUT2D eigenvalue weighted by molar-refractivity contribution is 0.0724. The highest BCUT2D eigenvalue weighted by Crippen LogP contribution is 2.19. The number of nitriles is 1. The van der Waals surface area contributed by atoms with Crippen molar-refractivity contribution in [3.8, 4) is 6.07 Å². The Morgan fingerprint density at radius 1 is 1.58 bits per heavy atom. The number of hydrogen-bond donors (Lipinski definition) is 1. The van der Waals surface area contributed by atoms with E-state index in [-0.39, 0.29) is 0 Å². The van der Waals surface area contributed by atoms with Gasteiger partial charge in [-0.25, -0.2) is 0 Å². The fourth-order valence-electron chi connectivity index (χ4n) is 2.39. The van der Waals surface area contributed by atoms with Crippen molar-refractivity contribution in [2.75, 3.05) is 31.7 Å². The highest BCUT2D eigenvalue weighted by atomic mass is 16.5. The molecule has 4 nitrogen and oxygen atoms in total. The van der Waals surface area contributed by atoms with Crippen molar-refractivity contribution < 1.29 is 4.74 Å². The molecule has 1 fully saturated rings. The standard InChI is InChI=1S/C15H21N3O/c1-12(8-14-11-19-7-6-17-14)18(2)15-5-3-4-13(9-15)10-16/h3-5,9,12,14,17H,6-8,11H2,1-2H3. The van der Waals surface area contributed by atoms with Crippen molar-refractivity contribution in [3.05, 3.63) is 29.8 Å². The molecule has 0 radical (unpaired) electrons. The van der Waals surface area contributed by atoms with E-state index in [1.807, 2.05) is 24.3 Å². The molecule has 0 saturated carbocycles. The number of hydrogen-bond acceptors (Lipinski definition) is 4. The molecule has 1 saturated heterocycles. The van der Waals surface area contributed by atoms with Gasteiger partial charge in [-0.05, 0) is 31.5 Å². The van der Waals surface area contributed by atoms with Gasteiger partial charge in [-0.15, -0.1) is 0 Å². The number of ether oxygens (including phenoxy) is 1. The molecule has 0 amide bonds. The predicted octanol–water partition coefficient (Wildman–Crippen LogP) is 1.76. The smallest absolute Gasteiger partial charge is 0.0992 e. The van der Waals surface area contributed by atoms with E-state index in [1.165, 1.54) is 0 Å². The minimum absolute atomic E-state index is 0.396. The summed E-state index contributed by atoms with van der Waals surface area (Å²) in [6.07, 6.45) is 1.04. The molecule has 1 aromatic carbocycles. The summed E-state index contributed by atoms with van der Waals surface area (Å²) in [5.41, 5.74) is 1.79. The lowest BCUT2D eigenvalue weighted by atomic mass is 10.1. The molecule has 0 bridgehead atoms. The van der Waals surface area contributed by atoms with Crippen LogP contribution in [0.3, 0.4) is 0 Å². The summed E-state index contributed by atoms with van der Waals surface area (Å²) < 4.78 is 5.48. The van der Waals surface area contributed by atoms with Gasteiger partial charge in [-0.3, -0.25) is 0 Å². The molecule has 2 atom stereocenters. The maximum absolute atomic E-state index is 8.95. The summed E-state index contributed by atoms with van der Waals surface area (Å²) in [4.78, 5) is 2.22. The molecule has 4 heteroatoms. The summed E-state index contributed by atoms with van der Waals surface area (Å²) in [6.45, 7) is 4.74. The van der Waals surface area contributed by atoms with E-state index >= 15 is 0 Å². The van der Waals surface area contributed by atoms with E-state index in [0.717, 1.165) is 31.9 Å². The monoisotopic (exact) mass is 259 g/mol. The summed E-state index contributed by atoms with van der Waals surface area (Å²) in [5.74, 6) is 0. The van der Waals surface area contributed by atoms with Gasteiger partial charge < -0.3 is 15.0 Å². The molecule has 102 valence electrons. The lowest BCUT2D eigenvalue weighted by Gasteiger charge is -2.32. The summed E-state index contributed by atoms with van der Waals surface area (Å²) in [6, 6.07) is 10.7. The van der Waals surface area contributed by atoms with Crippen LogP contribution in [0, 0.1) is 11.3 Å². The zero-order valence-electron chi connectivity index (χ0n) is 11.6.